The summed E-state index contributed by atoms with van der Waals surface area (Å²) in [6.45, 7) is 2.12. The number of allylic oxidation sites excluding steroid dienone is 2. The zero-order valence-corrected chi connectivity index (χ0v) is 6.71. The Morgan fingerprint density at radius 3 is 2.70 bits per heavy atom. The Kier molecular flexibility index (Phi) is 7.56. The van der Waals surface area contributed by atoms with Crippen LogP contribution in [0.25, 0.3) is 0 Å². The lowest BCUT2D eigenvalue weighted by molar-refractivity contribution is 0.214. The molecule has 0 unspecified atom stereocenters. The van der Waals surface area contributed by atoms with Crippen molar-refractivity contribution in [2.24, 2.45) is 5.16 Å². The average Bonchev–Trinajstić information content (AvgIpc) is 1.97. The largest absolute Gasteiger partial charge is 0.399 e. The van der Waals surface area contributed by atoms with E-state index in [1.54, 1.807) is 13.3 Å². The highest BCUT2D eigenvalue weighted by molar-refractivity contribution is 5.56. The highest BCUT2D eigenvalue weighted by Crippen LogP contribution is 1.89. The van der Waals surface area contributed by atoms with Crippen LogP contribution in [-0.4, -0.2) is 13.3 Å². The molecule has 0 heterocycles. The summed E-state index contributed by atoms with van der Waals surface area (Å²) in [7, 11) is 1.55. The molecule has 0 saturated carbocycles. The van der Waals surface area contributed by atoms with Crippen molar-refractivity contribution in [1.29, 1.82) is 0 Å². The van der Waals surface area contributed by atoms with E-state index >= 15 is 0 Å². The summed E-state index contributed by atoms with van der Waals surface area (Å²) in [6.07, 6.45) is 9.22. The predicted octanol–water partition coefficient (Wildman–Crippen LogP) is 2.37. The molecular formula is C8H15NO. The lowest BCUT2D eigenvalue weighted by Crippen LogP contribution is -1.74. The second kappa shape index (κ2) is 8.21. The molecule has 0 saturated heterocycles. The van der Waals surface area contributed by atoms with Crippen LogP contribution in [0.5, 0.6) is 0 Å². The maximum Gasteiger partial charge on any atom is 0.106 e. The van der Waals surface area contributed by atoms with Crippen molar-refractivity contribution >= 4 is 6.21 Å². The molecular weight excluding hydrogens is 126 g/mol. The normalized spacial score (nSPS) is 11.4. The minimum Gasteiger partial charge on any atom is -0.399 e. The fourth-order valence-corrected chi connectivity index (χ4v) is 0.583. The van der Waals surface area contributed by atoms with Crippen LogP contribution in [0.3, 0.4) is 0 Å². The summed E-state index contributed by atoms with van der Waals surface area (Å²) >= 11 is 0. The Morgan fingerprint density at radius 2 is 2.10 bits per heavy atom. The van der Waals surface area contributed by atoms with Gasteiger partial charge in [-0.1, -0.05) is 24.2 Å². The molecule has 0 aliphatic rings. The van der Waals surface area contributed by atoms with Gasteiger partial charge in [-0.2, -0.15) is 0 Å². The van der Waals surface area contributed by atoms with Crippen LogP contribution in [0.4, 0.5) is 0 Å². The molecule has 2 nitrogen and oxygen atoms in total. The molecule has 0 aliphatic carbocycles. The van der Waals surface area contributed by atoms with Crippen molar-refractivity contribution in [3.8, 4) is 0 Å². The van der Waals surface area contributed by atoms with Crippen molar-refractivity contribution in [2.45, 2.75) is 26.2 Å². The number of nitrogens with zero attached hydrogens (tertiary/aromatic N) is 1. The topological polar surface area (TPSA) is 21.6 Å². The fourth-order valence-electron chi connectivity index (χ4n) is 0.583. The highest BCUT2D eigenvalue weighted by Gasteiger charge is 1.75. The van der Waals surface area contributed by atoms with Crippen LogP contribution in [0.1, 0.15) is 26.2 Å². The predicted molar refractivity (Wildman–Crippen MR) is 44.2 cm³/mol. The van der Waals surface area contributed by atoms with E-state index < -0.39 is 0 Å². The lowest BCUT2D eigenvalue weighted by Gasteiger charge is -1.85. The molecule has 0 amide bonds. The van der Waals surface area contributed by atoms with E-state index in [9.17, 15) is 0 Å². The summed E-state index contributed by atoms with van der Waals surface area (Å²) in [6, 6.07) is 0. The molecule has 0 rings (SSSR count). The van der Waals surface area contributed by atoms with Gasteiger partial charge in [0.05, 0.1) is 0 Å². The van der Waals surface area contributed by atoms with E-state index in [2.05, 4.69) is 29.1 Å². The maximum atomic E-state index is 4.49. The molecule has 0 aliphatic heterocycles. The zero-order valence-electron chi connectivity index (χ0n) is 6.71. The van der Waals surface area contributed by atoms with Gasteiger partial charge in [0.1, 0.15) is 7.11 Å². The highest BCUT2D eigenvalue weighted by atomic mass is 16.6. The molecule has 0 bridgehead atoms. The van der Waals surface area contributed by atoms with Crippen molar-refractivity contribution in [3.05, 3.63) is 12.2 Å². The number of hydrogen-bond donors (Lipinski definition) is 0. The fraction of sp³-hybridized carbons (Fsp3) is 0.625. The molecule has 2 heteroatoms. The summed E-state index contributed by atoms with van der Waals surface area (Å²) in [5, 5.41) is 3.61. The molecule has 0 spiro atoms. The molecule has 0 aromatic rings. The minimum atomic E-state index is 0.963. The molecule has 0 atom stereocenters. The van der Waals surface area contributed by atoms with Crippen molar-refractivity contribution in [2.75, 3.05) is 7.11 Å². The van der Waals surface area contributed by atoms with E-state index in [-0.39, 0.29) is 0 Å². The molecule has 0 fully saturated rings. The molecule has 0 N–H and O–H groups in total. The summed E-state index contributed by atoms with van der Waals surface area (Å²) in [5.41, 5.74) is 0. The third kappa shape index (κ3) is 7.21. The van der Waals surface area contributed by atoms with Gasteiger partial charge in [-0.15, -0.1) is 0 Å². The van der Waals surface area contributed by atoms with Crippen LogP contribution in [0, 0.1) is 0 Å². The second-order valence-corrected chi connectivity index (χ2v) is 1.93. The van der Waals surface area contributed by atoms with Crippen LogP contribution in [-0.2, 0) is 4.84 Å². The molecule has 0 aromatic carbocycles. The first-order valence-corrected chi connectivity index (χ1v) is 3.61. The number of rotatable bonds is 5. The maximum absolute atomic E-state index is 4.49. The van der Waals surface area contributed by atoms with Gasteiger partial charge in [-0.05, 0) is 19.3 Å². The van der Waals surface area contributed by atoms with Crippen molar-refractivity contribution < 1.29 is 4.84 Å². The van der Waals surface area contributed by atoms with Crippen molar-refractivity contribution in [1.82, 2.24) is 0 Å². The van der Waals surface area contributed by atoms with Gasteiger partial charge >= 0.3 is 0 Å². The first-order valence-electron chi connectivity index (χ1n) is 3.61. The van der Waals surface area contributed by atoms with E-state index in [0.29, 0.717) is 0 Å². The van der Waals surface area contributed by atoms with Gasteiger partial charge in [0, 0.05) is 6.21 Å². The van der Waals surface area contributed by atoms with Gasteiger partial charge < -0.3 is 4.84 Å². The molecule has 58 valence electrons. The molecule has 0 aromatic heterocycles. The third-order valence-corrected chi connectivity index (χ3v) is 1.04. The monoisotopic (exact) mass is 141 g/mol. The van der Waals surface area contributed by atoms with Crippen LogP contribution < -0.4 is 0 Å². The Morgan fingerprint density at radius 1 is 1.30 bits per heavy atom. The summed E-state index contributed by atoms with van der Waals surface area (Å²) in [4.78, 5) is 4.49. The summed E-state index contributed by atoms with van der Waals surface area (Å²) in [5.74, 6) is 0. The van der Waals surface area contributed by atoms with Crippen molar-refractivity contribution in [3.63, 3.8) is 0 Å². The smallest absolute Gasteiger partial charge is 0.106 e. The van der Waals surface area contributed by atoms with E-state index in [4.69, 9.17) is 0 Å². The summed E-state index contributed by atoms with van der Waals surface area (Å²) < 4.78 is 0. The van der Waals surface area contributed by atoms with Gasteiger partial charge in [0.25, 0.3) is 0 Å². The Hall–Kier alpha value is -0.790. The Balaban J connectivity index is 3.04. The van der Waals surface area contributed by atoms with E-state index in [1.807, 2.05) is 0 Å². The SMILES string of the molecule is CCC=CCCC=NOC. The molecule has 0 radical (unpaired) electrons. The Labute approximate surface area is 62.6 Å². The van der Waals surface area contributed by atoms with E-state index in [0.717, 1.165) is 19.3 Å². The standard InChI is InChI=1S/C8H15NO/c1-3-4-5-6-7-8-9-10-2/h4-5,8H,3,6-7H2,1-2H3. The number of unbranched alkanes of at least 4 members (excludes halogenated alkanes) is 1. The van der Waals surface area contributed by atoms with Crippen LogP contribution in [0.2, 0.25) is 0 Å². The van der Waals surface area contributed by atoms with Crippen LogP contribution >= 0.6 is 0 Å². The van der Waals surface area contributed by atoms with Gasteiger partial charge in [0.15, 0.2) is 0 Å². The minimum absolute atomic E-state index is 0.963. The van der Waals surface area contributed by atoms with Gasteiger partial charge in [-0.3, -0.25) is 0 Å². The second-order valence-electron chi connectivity index (χ2n) is 1.93. The molecule has 10 heavy (non-hydrogen) atoms. The van der Waals surface area contributed by atoms with E-state index in [1.165, 1.54) is 0 Å². The zero-order chi connectivity index (χ0) is 7.66. The first-order chi connectivity index (χ1) is 4.91. The quantitative estimate of drug-likeness (QED) is 0.249. The average molecular weight is 141 g/mol. The number of oxime groups is 1. The van der Waals surface area contributed by atoms with Crippen LogP contribution in [0.15, 0.2) is 17.3 Å². The Bertz CT molecular complexity index is 93.8. The lowest BCUT2D eigenvalue weighted by atomic mass is 10.3. The third-order valence-electron chi connectivity index (χ3n) is 1.04. The van der Waals surface area contributed by atoms with Gasteiger partial charge in [0.2, 0.25) is 0 Å². The first kappa shape index (κ1) is 9.21. The van der Waals surface area contributed by atoms with Gasteiger partial charge in [-0.25, -0.2) is 0 Å². The number of hydrogen-bond acceptors (Lipinski definition) is 2.